The molecule has 0 spiro atoms. The van der Waals surface area contributed by atoms with E-state index in [2.05, 4.69) is 161 Å². The lowest BCUT2D eigenvalue weighted by Crippen LogP contribution is -2.01. The lowest BCUT2D eigenvalue weighted by molar-refractivity contribution is 0.101. The van der Waals surface area contributed by atoms with Gasteiger partial charge < -0.3 is 9.13 Å². The molecule has 0 amide bonds. The Morgan fingerprint density at radius 2 is 0.723 bits per heavy atom. The Morgan fingerprint density at radius 1 is 0.404 bits per heavy atom. The molecule has 0 unspecified atom stereocenters. The molecule has 0 atom stereocenters. The van der Waals surface area contributed by atoms with Crippen LogP contribution >= 0.6 is 0 Å². The summed E-state index contributed by atoms with van der Waals surface area (Å²) in [7, 11) is 0. The number of nitrogens with zero attached hydrogens (tertiary/aromatic N) is 2. The van der Waals surface area contributed by atoms with E-state index in [0.29, 0.717) is 5.56 Å². The molecule has 7 aromatic carbocycles. The number of aromatic nitrogens is 2. The number of carbonyl (C=O) groups is 1. The topological polar surface area (TPSA) is 26.9 Å². The van der Waals surface area contributed by atoms with Crippen molar-refractivity contribution in [3.05, 3.63) is 169 Å². The van der Waals surface area contributed by atoms with Crippen LogP contribution in [0.5, 0.6) is 0 Å². The van der Waals surface area contributed by atoms with E-state index in [9.17, 15) is 4.79 Å². The Kier molecular flexibility index (Phi) is 6.19. The third-order valence-electron chi connectivity index (χ3n) is 9.41. The van der Waals surface area contributed by atoms with Crippen LogP contribution in [0.1, 0.15) is 17.3 Å². The number of rotatable bonds is 5. The van der Waals surface area contributed by atoms with Crippen molar-refractivity contribution in [2.75, 3.05) is 0 Å². The number of ketones is 1. The van der Waals surface area contributed by atoms with E-state index in [-0.39, 0.29) is 5.78 Å². The number of Topliss-reactive ketones (excluding diaryl/α,β-unsaturated/α-hetero) is 1. The van der Waals surface area contributed by atoms with Gasteiger partial charge in [-0.3, -0.25) is 4.79 Å². The second-order valence-corrected chi connectivity index (χ2v) is 12.1. The van der Waals surface area contributed by atoms with E-state index in [1.165, 1.54) is 21.5 Å². The number of fused-ring (bicyclic) bond motifs is 6. The standard InChI is InChI=1S/C44H30N2O/c1-29(47)30-26-31(33-14-2-8-20-39(33)45-41-22-10-4-16-35(41)36-17-5-11-23-42(36)45)28-32(27-30)34-15-3-9-21-40(34)46-43-24-12-6-18-37(43)38-19-7-13-25-44(38)46/h2-28H,1H3. The van der Waals surface area contributed by atoms with Crippen LogP contribution in [0.25, 0.3) is 77.2 Å². The van der Waals surface area contributed by atoms with Crippen molar-refractivity contribution in [3.63, 3.8) is 0 Å². The summed E-state index contributed by atoms with van der Waals surface area (Å²) in [4.78, 5) is 13.1. The molecule has 0 N–H and O–H groups in total. The fraction of sp³-hybridized carbons (Fsp3) is 0.0227. The Morgan fingerprint density at radius 3 is 1.09 bits per heavy atom. The van der Waals surface area contributed by atoms with Gasteiger partial charge in [0, 0.05) is 38.2 Å². The first-order valence-electron chi connectivity index (χ1n) is 16.0. The molecule has 0 saturated carbocycles. The van der Waals surface area contributed by atoms with E-state index in [1.54, 1.807) is 6.92 Å². The maximum Gasteiger partial charge on any atom is 0.159 e. The zero-order valence-electron chi connectivity index (χ0n) is 25.9. The lowest BCUT2D eigenvalue weighted by Gasteiger charge is -2.18. The predicted octanol–water partition coefficient (Wildman–Crippen LogP) is 11.4. The van der Waals surface area contributed by atoms with Gasteiger partial charge in [0.1, 0.15) is 0 Å². The second kappa shape index (κ2) is 10.7. The van der Waals surface area contributed by atoms with Gasteiger partial charge in [-0.25, -0.2) is 0 Å². The van der Waals surface area contributed by atoms with Gasteiger partial charge in [-0.1, -0.05) is 109 Å². The van der Waals surface area contributed by atoms with E-state index < -0.39 is 0 Å². The molecule has 0 saturated heterocycles. The molecular weight excluding hydrogens is 572 g/mol. The average molecular weight is 603 g/mol. The Labute approximate surface area is 272 Å². The van der Waals surface area contributed by atoms with E-state index in [1.807, 2.05) is 12.1 Å². The molecule has 9 rings (SSSR count). The number of benzene rings is 7. The second-order valence-electron chi connectivity index (χ2n) is 12.1. The van der Waals surface area contributed by atoms with Crippen LogP contribution in [0.4, 0.5) is 0 Å². The van der Waals surface area contributed by atoms with Gasteiger partial charge >= 0.3 is 0 Å². The Bertz CT molecular complexity index is 2390. The number of carbonyl (C=O) groups excluding carboxylic acids is 1. The minimum absolute atomic E-state index is 0.0387. The van der Waals surface area contributed by atoms with Crippen molar-refractivity contribution in [2.45, 2.75) is 6.92 Å². The van der Waals surface area contributed by atoms with Crippen LogP contribution < -0.4 is 0 Å². The Balaban J connectivity index is 1.30. The number of para-hydroxylation sites is 6. The van der Waals surface area contributed by atoms with Crippen LogP contribution in [0.15, 0.2) is 164 Å². The number of hydrogen-bond acceptors (Lipinski definition) is 1. The molecule has 0 fully saturated rings. The van der Waals surface area contributed by atoms with Crippen LogP contribution in [0, 0.1) is 0 Å². The fourth-order valence-corrected chi connectivity index (χ4v) is 7.33. The molecule has 0 radical (unpaired) electrons. The zero-order chi connectivity index (χ0) is 31.5. The highest BCUT2D eigenvalue weighted by Gasteiger charge is 2.19. The van der Waals surface area contributed by atoms with Gasteiger partial charge in [-0.05, 0) is 72.6 Å². The first-order valence-corrected chi connectivity index (χ1v) is 16.0. The maximum absolute atomic E-state index is 13.1. The highest BCUT2D eigenvalue weighted by Crippen LogP contribution is 2.40. The molecule has 0 aliphatic rings. The molecule has 3 heteroatoms. The minimum atomic E-state index is 0.0387. The largest absolute Gasteiger partial charge is 0.309 e. The molecule has 2 heterocycles. The highest BCUT2D eigenvalue weighted by atomic mass is 16.1. The average Bonchev–Trinajstić information content (AvgIpc) is 3.64. The fourth-order valence-electron chi connectivity index (χ4n) is 7.33. The summed E-state index contributed by atoms with van der Waals surface area (Å²) in [6, 6.07) is 57.7. The van der Waals surface area contributed by atoms with E-state index in [0.717, 1.165) is 55.7 Å². The summed E-state index contributed by atoms with van der Waals surface area (Å²) in [5, 5.41) is 4.87. The summed E-state index contributed by atoms with van der Waals surface area (Å²) in [6.07, 6.45) is 0. The molecule has 222 valence electrons. The quantitative estimate of drug-likeness (QED) is 0.180. The normalized spacial score (nSPS) is 11.6. The van der Waals surface area contributed by atoms with Crippen molar-refractivity contribution in [1.82, 2.24) is 9.13 Å². The van der Waals surface area contributed by atoms with Crippen molar-refractivity contribution in [1.29, 1.82) is 0 Å². The molecule has 47 heavy (non-hydrogen) atoms. The molecule has 9 aromatic rings. The minimum Gasteiger partial charge on any atom is -0.309 e. The summed E-state index contributed by atoms with van der Waals surface area (Å²) in [5.74, 6) is 0.0387. The van der Waals surface area contributed by atoms with Crippen molar-refractivity contribution in [2.24, 2.45) is 0 Å². The predicted molar refractivity (Wildman–Crippen MR) is 196 cm³/mol. The van der Waals surface area contributed by atoms with Crippen molar-refractivity contribution in [3.8, 4) is 33.6 Å². The third-order valence-corrected chi connectivity index (χ3v) is 9.41. The van der Waals surface area contributed by atoms with Crippen LogP contribution in [-0.4, -0.2) is 14.9 Å². The molecule has 0 aliphatic heterocycles. The third kappa shape index (κ3) is 4.24. The monoisotopic (exact) mass is 602 g/mol. The molecule has 0 bridgehead atoms. The number of hydrogen-bond donors (Lipinski definition) is 0. The van der Waals surface area contributed by atoms with Crippen molar-refractivity contribution < 1.29 is 4.79 Å². The van der Waals surface area contributed by atoms with Crippen LogP contribution in [0.3, 0.4) is 0 Å². The zero-order valence-corrected chi connectivity index (χ0v) is 25.9. The Hall–Kier alpha value is -6.19. The van der Waals surface area contributed by atoms with Crippen LogP contribution in [-0.2, 0) is 0 Å². The van der Waals surface area contributed by atoms with Gasteiger partial charge in [-0.15, -0.1) is 0 Å². The maximum atomic E-state index is 13.1. The van der Waals surface area contributed by atoms with Gasteiger partial charge in [0.05, 0.1) is 33.4 Å². The smallest absolute Gasteiger partial charge is 0.159 e. The summed E-state index contributed by atoms with van der Waals surface area (Å²) >= 11 is 0. The van der Waals surface area contributed by atoms with Crippen molar-refractivity contribution >= 4 is 49.4 Å². The lowest BCUT2D eigenvalue weighted by atomic mass is 9.93. The van der Waals surface area contributed by atoms with Crippen LogP contribution in [0.2, 0.25) is 0 Å². The SMILES string of the molecule is CC(=O)c1cc(-c2ccccc2-n2c3ccccc3c3ccccc32)cc(-c2ccccc2-n2c3ccccc3c3ccccc32)c1. The van der Waals surface area contributed by atoms with Gasteiger partial charge in [0.15, 0.2) is 5.78 Å². The van der Waals surface area contributed by atoms with Gasteiger partial charge in [0.25, 0.3) is 0 Å². The van der Waals surface area contributed by atoms with E-state index >= 15 is 0 Å². The first-order chi connectivity index (χ1) is 23.2. The van der Waals surface area contributed by atoms with E-state index in [4.69, 9.17) is 0 Å². The molecule has 3 nitrogen and oxygen atoms in total. The summed E-state index contributed by atoms with van der Waals surface area (Å²) in [6.45, 7) is 1.65. The molecular formula is C44H30N2O. The first kappa shape index (κ1) is 27.1. The summed E-state index contributed by atoms with van der Waals surface area (Å²) in [5.41, 5.74) is 11.6. The molecule has 2 aromatic heterocycles. The molecule has 0 aliphatic carbocycles. The highest BCUT2D eigenvalue weighted by molar-refractivity contribution is 6.11. The van der Waals surface area contributed by atoms with Gasteiger partial charge in [-0.2, -0.15) is 0 Å². The summed E-state index contributed by atoms with van der Waals surface area (Å²) < 4.78 is 4.71. The van der Waals surface area contributed by atoms with Gasteiger partial charge in [0.2, 0.25) is 0 Å².